The molecule has 1 N–H and O–H groups in total. The SMILES string of the molecule is CCCCOCCn1ccc(CNC)c1. The van der Waals surface area contributed by atoms with Gasteiger partial charge in [-0.2, -0.15) is 0 Å². The lowest BCUT2D eigenvalue weighted by Gasteiger charge is -2.04. The van der Waals surface area contributed by atoms with Crippen LogP contribution >= 0.6 is 0 Å². The van der Waals surface area contributed by atoms with E-state index in [1.807, 2.05) is 7.05 Å². The molecule has 0 radical (unpaired) electrons. The number of hydrogen-bond acceptors (Lipinski definition) is 2. The van der Waals surface area contributed by atoms with Gasteiger partial charge in [-0.15, -0.1) is 0 Å². The van der Waals surface area contributed by atoms with Gasteiger partial charge in [0.1, 0.15) is 0 Å². The number of unbranched alkanes of at least 4 members (excludes halogenated alkanes) is 1. The summed E-state index contributed by atoms with van der Waals surface area (Å²) in [6.45, 7) is 5.77. The minimum absolute atomic E-state index is 0.813. The smallest absolute Gasteiger partial charge is 0.0645 e. The average molecular weight is 210 g/mol. The van der Waals surface area contributed by atoms with Gasteiger partial charge in [0.05, 0.1) is 6.61 Å². The van der Waals surface area contributed by atoms with Gasteiger partial charge in [0.2, 0.25) is 0 Å². The molecule has 0 aromatic carbocycles. The Labute approximate surface area is 92.4 Å². The van der Waals surface area contributed by atoms with Gasteiger partial charge in [-0.25, -0.2) is 0 Å². The zero-order chi connectivity index (χ0) is 10.9. The molecular weight excluding hydrogens is 188 g/mol. The van der Waals surface area contributed by atoms with Crippen LogP contribution in [0.25, 0.3) is 0 Å². The molecule has 86 valence electrons. The summed E-state index contributed by atoms with van der Waals surface area (Å²) in [5.41, 5.74) is 1.33. The molecule has 15 heavy (non-hydrogen) atoms. The van der Waals surface area contributed by atoms with Gasteiger partial charge in [-0.05, 0) is 25.1 Å². The fourth-order valence-corrected chi connectivity index (χ4v) is 1.46. The topological polar surface area (TPSA) is 26.2 Å². The molecule has 0 aliphatic heterocycles. The molecule has 0 amide bonds. The van der Waals surface area contributed by atoms with Crippen molar-refractivity contribution >= 4 is 0 Å². The summed E-state index contributed by atoms with van der Waals surface area (Å²) in [4.78, 5) is 0. The van der Waals surface area contributed by atoms with Crippen LogP contribution in [0.4, 0.5) is 0 Å². The summed E-state index contributed by atoms with van der Waals surface area (Å²) < 4.78 is 7.69. The highest BCUT2D eigenvalue weighted by atomic mass is 16.5. The van der Waals surface area contributed by atoms with Crippen molar-refractivity contribution in [3.05, 3.63) is 24.0 Å². The fraction of sp³-hybridized carbons (Fsp3) is 0.667. The Morgan fingerprint density at radius 3 is 3.00 bits per heavy atom. The van der Waals surface area contributed by atoms with Crippen LogP contribution < -0.4 is 5.32 Å². The Bertz CT molecular complexity index is 258. The van der Waals surface area contributed by atoms with Crippen LogP contribution in [-0.2, 0) is 17.8 Å². The van der Waals surface area contributed by atoms with E-state index < -0.39 is 0 Å². The van der Waals surface area contributed by atoms with Gasteiger partial charge in [-0.1, -0.05) is 13.3 Å². The van der Waals surface area contributed by atoms with E-state index in [1.165, 1.54) is 12.0 Å². The number of rotatable bonds is 8. The molecule has 1 rings (SSSR count). The van der Waals surface area contributed by atoms with E-state index in [-0.39, 0.29) is 0 Å². The van der Waals surface area contributed by atoms with Gasteiger partial charge >= 0.3 is 0 Å². The monoisotopic (exact) mass is 210 g/mol. The van der Waals surface area contributed by atoms with Crippen LogP contribution in [-0.4, -0.2) is 24.8 Å². The van der Waals surface area contributed by atoms with E-state index in [0.29, 0.717) is 0 Å². The summed E-state index contributed by atoms with van der Waals surface area (Å²) >= 11 is 0. The summed E-state index contributed by atoms with van der Waals surface area (Å²) in [6, 6.07) is 2.14. The molecule has 0 unspecified atom stereocenters. The third-order valence-corrected chi connectivity index (χ3v) is 2.33. The zero-order valence-corrected chi connectivity index (χ0v) is 9.83. The van der Waals surface area contributed by atoms with Crippen LogP contribution in [0.3, 0.4) is 0 Å². The second-order valence-corrected chi connectivity index (χ2v) is 3.75. The lowest BCUT2D eigenvalue weighted by Crippen LogP contribution is -2.06. The van der Waals surface area contributed by atoms with Gasteiger partial charge in [0.15, 0.2) is 0 Å². The van der Waals surface area contributed by atoms with E-state index in [4.69, 9.17) is 4.74 Å². The van der Waals surface area contributed by atoms with Crippen molar-refractivity contribution in [3.8, 4) is 0 Å². The number of hydrogen-bond donors (Lipinski definition) is 1. The number of aromatic nitrogens is 1. The molecule has 0 fully saturated rings. The van der Waals surface area contributed by atoms with Gasteiger partial charge in [-0.3, -0.25) is 0 Å². The molecule has 1 aromatic heterocycles. The molecule has 0 aliphatic carbocycles. The number of nitrogens with one attached hydrogen (secondary N) is 1. The summed E-state index contributed by atoms with van der Waals surface area (Å²) in [5, 5.41) is 3.14. The highest BCUT2D eigenvalue weighted by Gasteiger charge is 1.95. The Kier molecular flexibility index (Phi) is 6.12. The van der Waals surface area contributed by atoms with E-state index in [1.54, 1.807) is 0 Å². The Hall–Kier alpha value is -0.800. The third-order valence-electron chi connectivity index (χ3n) is 2.33. The molecule has 0 aliphatic rings. The predicted octanol–water partition coefficient (Wildman–Crippen LogP) is 2.02. The highest BCUT2D eigenvalue weighted by Crippen LogP contribution is 2.00. The average Bonchev–Trinajstić information content (AvgIpc) is 2.66. The van der Waals surface area contributed by atoms with Gasteiger partial charge < -0.3 is 14.6 Å². The first-order valence-corrected chi connectivity index (χ1v) is 5.73. The summed E-state index contributed by atoms with van der Waals surface area (Å²) in [5.74, 6) is 0. The second-order valence-electron chi connectivity index (χ2n) is 3.75. The van der Waals surface area contributed by atoms with E-state index in [9.17, 15) is 0 Å². The Balaban J connectivity index is 2.14. The van der Waals surface area contributed by atoms with Crippen molar-refractivity contribution in [2.45, 2.75) is 32.9 Å². The summed E-state index contributed by atoms with van der Waals surface area (Å²) in [6.07, 6.45) is 6.64. The number of nitrogens with zero attached hydrogens (tertiary/aromatic N) is 1. The van der Waals surface area contributed by atoms with Crippen LogP contribution in [0.15, 0.2) is 18.5 Å². The maximum atomic E-state index is 5.51. The van der Waals surface area contributed by atoms with E-state index >= 15 is 0 Å². The quantitative estimate of drug-likeness (QED) is 0.664. The maximum Gasteiger partial charge on any atom is 0.0645 e. The minimum atomic E-state index is 0.813. The maximum absolute atomic E-state index is 5.51. The number of ether oxygens (including phenoxy) is 1. The largest absolute Gasteiger partial charge is 0.380 e. The zero-order valence-electron chi connectivity index (χ0n) is 9.83. The molecule has 3 nitrogen and oxygen atoms in total. The molecule has 0 saturated carbocycles. The van der Waals surface area contributed by atoms with Crippen molar-refractivity contribution in [1.82, 2.24) is 9.88 Å². The molecule has 1 heterocycles. The molecule has 0 bridgehead atoms. The van der Waals surface area contributed by atoms with Gasteiger partial charge in [0.25, 0.3) is 0 Å². The fourth-order valence-electron chi connectivity index (χ4n) is 1.46. The van der Waals surface area contributed by atoms with Crippen molar-refractivity contribution in [3.63, 3.8) is 0 Å². The Morgan fingerprint density at radius 2 is 2.27 bits per heavy atom. The van der Waals surface area contributed by atoms with Crippen LogP contribution in [0.5, 0.6) is 0 Å². The predicted molar refractivity (Wildman–Crippen MR) is 62.9 cm³/mol. The van der Waals surface area contributed by atoms with Crippen molar-refractivity contribution in [2.24, 2.45) is 0 Å². The standard InChI is InChI=1S/C12H22N2O/c1-3-4-8-15-9-7-14-6-5-12(11-14)10-13-2/h5-6,11,13H,3-4,7-10H2,1-2H3. The second kappa shape index (κ2) is 7.49. The van der Waals surface area contributed by atoms with Crippen LogP contribution in [0.2, 0.25) is 0 Å². The Morgan fingerprint density at radius 1 is 1.40 bits per heavy atom. The van der Waals surface area contributed by atoms with Crippen LogP contribution in [0, 0.1) is 0 Å². The molecule has 1 aromatic rings. The first-order valence-electron chi connectivity index (χ1n) is 5.73. The van der Waals surface area contributed by atoms with Crippen LogP contribution in [0.1, 0.15) is 25.3 Å². The van der Waals surface area contributed by atoms with Crippen molar-refractivity contribution in [2.75, 3.05) is 20.3 Å². The third kappa shape index (κ3) is 5.00. The highest BCUT2D eigenvalue weighted by molar-refractivity contribution is 5.09. The molecule has 0 spiro atoms. The first kappa shape index (κ1) is 12.3. The molecular formula is C12H22N2O. The normalized spacial score (nSPS) is 10.8. The summed E-state index contributed by atoms with van der Waals surface area (Å²) in [7, 11) is 1.96. The van der Waals surface area contributed by atoms with E-state index in [2.05, 4.69) is 35.3 Å². The molecule has 0 atom stereocenters. The van der Waals surface area contributed by atoms with Crippen molar-refractivity contribution in [1.29, 1.82) is 0 Å². The molecule has 3 heteroatoms. The lowest BCUT2D eigenvalue weighted by molar-refractivity contribution is 0.123. The lowest BCUT2D eigenvalue weighted by atomic mass is 10.3. The van der Waals surface area contributed by atoms with Gasteiger partial charge in [0, 0.05) is 32.1 Å². The molecule has 0 saturated heterocycles. The first-order chi connectivity index (χ1) is 7.36. The van der Waals surface area contributed by atoms with E-state index in [0.717, 1.165) is 32.7 Å². The minimum Gasteiger partial charge on any atom is -0.380 e. The van der Waals surface area contributed by atoms with Crippen molar-refractivity contribution < 1.29 is 4.74 Å².